The first-order chi connectivity index (χ1) is 7.61. The molecule has 0 spiro atoms. The van der Waals surface area contributed by atoms with E-state index in [2.05, 4.69) is 13.5 Å². The van der Waals surface area contributed by atoms with Gasteiger partial charge in [0.1, 0.15) is 0 Å². The molecule has 0 aromatic carbocycles. The van der Waals surface area contributed by atoms with Crippen molar-refractivity contribution in [1.29, 1.82) is 0 Å². The molecule has 0 bridgehead atoms. The summed E-state index contributed by atoms with van der Waals surface area (Å²) in [6.07, 6.45) is 1.90. The van der Waals surface area contributed by atoms with Crippen molar-refractivity contribution in [2.24, 2.45) is 0 Å². The van der Waals surface area contributed by atoms with E-state index in [1.807, 2.05) is 6.92 Å². The van der Waals surface area contributed by atoms with Crippen molar-refractivity contribution in [3.8, 4) is 0 Å². The fourth-order valence-corrected chi connectivity index (χ4v) is 3.47. The number of hydrogen-bond donors (Lipinski definition) is 0. The standard InChI is InChI=1S/C12H24O3Si/c1-5-14-10-16(6-2)9-7-8-15-12(13)11(3)4/h16H,3,5-10H2,1-2,4H3. The summed E-state index contributed by atoms with van der Waals surface area (Å²) >= 11 is 0. The number of esters is 1. The van der Waals surface area contributed by atoms with Gasteiger partial charge in [-0.1, -0.05) is 25.6 Å². The zero-order valence-electron chi connectivity index (χ0n) is 10.8. The van der Waals surface area contributed by atoms with Crippen molar-refractivity contribution < 1.29 is 14.3 Å². The summed E-state index contributed by atoms with van der Waals surface area (Å²) in [6, 6.07) is 2.43. The van der Waals surface area contributed by atoms with Gasteiger partial charge >= 0.3 is 5.97 Å². The first kappa shape index (κ1) is 15.4. The molecule has 0 amide bonds. The van der Waals surface area contributed by atoms with Gasteiger partial charge in [0.2, 0.25) is 0 Å². The van der Waals surface area contributed by atoms with E-state index in [9.17, 15) is 4.79 Å². The number of carbonyl (C=O) groups excluding carboxylic acids is 1. The van der Waals surface area contributed by atoms with Crippen molar-refractivity contribution in [3.05, 3.63) is 12.2 Å². The van der Waals surface area contributed by atoms with Crippen molar-refractivity contribution in [2.75, 3.05) is 19.4 Å². The Hall–Kier alpha value is -0.613. The fraction of sp³-hybridized carbons (Fsp3) is 0.750. The highest BCUT2D eigenvalue weighted by molar-refractivity contribution is 6.58. The van der Waals surface area contributed by atoms with Crippen LogP contribution in [0.1, 0.15) is 27.2 Å². The molecule has 0 aliphatic rings. The fourth-order valence-electron chi connectivity index (χ4n) is 1.35. The maximum absolute atomic E-state index is 11.1. The molecule has 0 radical (unpaired) electrons. The molecule has 3 nitrogen and oxygen atoms in total. The number of carbonyl (C=O) groups is 1. The van der Waals surface area contributed by atoms with Gasteiger partial charge in [0.05, 0.1) is 15.4 Å². The van der Waals surface area contributed by atoms with Crippen LogP contribution in [0.3, 0.4) is 0 Å². The topological polar surface area (TPSA) is 35.5 Å². The second-order valence-electron chi connectivity index (χ2n) is 3.99. The van der Waals surface area contributed by atoms with E-state index >= 15 is 0 Å². The minimum Gasteiger partial charge on any atom is -0.462 e. The quantitative estimate of drug-likeness (QED) is 0.270. The maximum atomic E-state index is 11.1. The molecule has 0 saturated carbocycles. The first-order valence-corrected chi connectivity index (χ1v) is 8.47. The zero-order chi connectivity index (χ0) is 12.4. The van der Waals surface area contributed by atoms with Crippen molar-refractivity contribution >= 4 is 14.8 Å². The Morgan fingerprint density at radius 1 is 1.38 bits per heavy atom. The van der Waals surface area contributed by atoms with Crippen LogP contribution in [0.15, 0.2) is 12.2 Å². The number of hydrogen-bond acceptors (Lipinski definition) is 3. The molecule has 4 heteroatoms. The third kappa shape index (κ3) is 7.65. The van der Waals surface area contributed by atoms with Gasteiger partial charge in [-0.25, -0.2) is 4.79 Å². The zero-order valence-corrected chi connectivity index (χ0v) is 11.9. The molecule has 0 aliphatic heterocycles. The van der Waals surface area contributed by atoms with Crippen LogP contribution >= 0.6 is 0 Å². The summed E-state index contributed by atoms with van der Waals surface area (Å²) in [5.41, 5.74) is 0.471. The summed E-state index contributed by atoms with van der Waals surface area (Å²) < 4.78 is 10.5. The summed E-state index contributed by atoms with van der Waals surface area (Å²) in [4.78, 5) is 11.1. The van der Waals surface area contributed by atoms with Crippen LogP contribution in [0.5, 0.6) is 0 Å². The molecule has 0 aliphatic carbocycles. The van der Waals surface area contributed by atoms with E-state index in [0.29, 0.717) is 12.2 Å². The second kappa shape index (κ2) is 9.60. The molecule has 0 rings (SSSR count). The SMILES string of the molecule is C=C(C)C(=O)OCCC[SiH](CC)COCC. The van der Waals surface area contributed by atoms with Crippen LogP contribution in [0.25, 0.3) is 0 Å². The Kier molecular flexibility index (Phi) is 9.23. The van der Waals surface area contributed by atoms with Gasteiger partial charge in [0.15, 0.2) is 0 Å². The van der Waals surface area contributed by atoms with Crippen molar-refractivity contribution in [3.63, 3.8) is 0 Å². The molecule has 0 saturated heterocycles. The van der Waals surface area contributed by atoms with E-state index < -0.39 is 8.80 Å². The minimum atomic E-state index is -0.754. The van der Waals surface area contributed by atoms with Gasteiger partial charge in [-0.3, -0.25) is 0 Å². The largest absolute Gasteiger partial charge is 0.462 e. The average Bonchev–Trinajstić information content (AvgIpc) is 2.27. The number of ether oxygens (including phenoxy) is 2. The lowest BCUT2D eigenvalue weighted by Gasteiger charge is -2.12. The highest BCUT2D eigenvalue weighted by Gasteiger charge is 2.09. The lowest BCUT2D eigenvalue weighted by Crippen LogP contribution is -2.20. The Morgan fingerprint density at radius 2 is 2.06 bits per heavy atom. The van der Waals surface area contributed by atoms with Crippen LogP contribution < -0.4 is 0 Å². The van der Waals surface area contributed by atoms with Crippen LogP contribution in [-0.4, -0.2) is 34.2 Å². The van der Waals surface area contributed by atoms with Gasteiger partial charge in [0.25, 0.3) is 0 Å². The van der Waals surface area contributed by atoms with Gasteiger partial charge in [0, 0.05) is 18.4 Å². The summed E-state index contributed by atoms with van der Waals surface area (Å²) in [6.45, 7) is 10.8. The molecule has 16 heavy (non-hydrogen) atoms. The Morgan fingerprint density at radius 3 is 2.56 bits per heavy atom. The molecule has 0 heterocycles. The predicted octanol–water partition coefficient (Wildman–Crippen LogP) is 2.32. The third-order valence-electron chi connectivity index (χ3n) is 2.47. The molecule has 0 aromatic rings. The van der Waals surface area contributed by atoms with E-state index in [0.717, 1.165) is 19.3 Å². The van der Waals surface area contributed by atoms with E-state index in [-0.39, 0.29) is 5.97 Å². The molecule has 0 fully saturated rings. The van der Waals surface area contributed by atoms with Crippen LogP contribution in [0.4, 0.5) is 0 Å². The van der Waals surface area contributed by atoms with E-state index in [1.165, 1.54) is 12.1 Å². The Labute approximate surface area is 100 Å². The smallest absolute Gasteiger partial charge is 0.333 e. The highest BCUT2D eigenvalue weighted by atomic mass is 28.3. The molecular weight excluding hydrogens is 220 g/mol. The summed E-state index contributed by atoms with van der Waals surface area (Å²) in [5.74, 6) is -0.278. The normalized spacial score (nSPS) is 12.2. The van der Waals surface area contributed by atoms with Gasteiger partial charge in [-0.2, -0.15) is 0 Å². The van der Waals surface area contributed by atoms with Crippen LogP contribution in [0.2, 0.25) is 12.1 Å². The molecule has 0 N–H and O–H groups in total. The predicted molar refractivity (Wildman–Crippen MR) is 69.3 cm³/mol. The number of rotatable bonds is 9. The summed E-state index contributed by atoms with van der Waals surface area (Å²) in [7, 11) is -0.754. The lowest BCUT2D eigenvalue weighted by molar-refractivity contribution is -0.138. The molecule has 1 atom stereocenters. The van der Waals surface area contributed by atoms with Crippen molar-refractivity contribution in [2.45, 2.75) is 39.3 Å². The third-order valence-corrected chi connectivity index (χ3v) is 5.56. The molecular formula is C12H24O3Si. The minimum absolute atomic E-state index is 0.278. The first-order valence-electron chi connectivity index (χ1n) is 6.02. The van der Waals surface area contributed by atoms with Crippen LogP contribution in [0, 0.1) is 0 Å². The Balaban J connectivity index is 3.55. The Bertz CT molecular complexity index is 216. The highest BCUT2D eigenvalue weighted by Crippen LogP contribution is 2.05. The van der Waals surface area contributed by atoms with E-state index in [4.69, 9.17) is 9.47 Å². The lowest BCUT2D eigenvalue weighted by atomic mass is 10.4. The average molecular weight is 244 g/mol. The maximum Gasteiger partial charge on any atom is 0.333 e. The van der Waals surface area contributed by atoms with Gasteiger partial charge in [-0.05, 0) is 20.3 Å². The summed E-state index contributed by atoms with van der Waals surface area (Å²) in [5, 5.41) is 0. The van der Waals surface area contributed by atoms with E-state index in [1.54, 1.807) is 6.92 Å². The van der Waals surface area contributed by atoms with Gasteiger partial charge in [-0.15, -0.1) is 0 Å². The molecule has 1 unspecified atom stereocenters. The van der Waals surface area contributed by atoms with Crippen molar-refractivity contribution in [1.82, 2.24) is 0 Å². The second-order valence-corrected chi connectivity index (χ2v) is 7.45. The molecule has 0 aromatic heterocycles. The van der Waals surface area contributed by atoms with Crippen LogP contribution in [-0.2, 0) is 14.3 Å². The van der Waals surface area contributed by atoms with Gasteiger partial charge < -0.3 is 9.47 Å². The monoisotopic (exact) mass is 244 g/mol. The molecule has 94 valence electrons.